The molecule has 1 heterocycles. The Morgan fingerprint density at radius 1 is 1.24 bits per heavy atom. The summed E-state index contributed by atoms with van der Waals surface area (Å²) in [6.45, 7) is 4.34. The van der Waals surface area contributed by atoms with Gasteiger partial charge in [0.15, 0.2) is 0 Å². The van der Waals surface area contributed by atoms with Gasteiger partial charge in [0.05, 0.1) is 12.8 Å². The zero-order chi connectivity index (χ0) is 15.2. The predicted molar refractivity (Wildman–Crippen MR) is 83.2 cm³/mol. The third-order valence-electron chi connectivity index (χ3n) is 2.94. The number of carbonyl (C=O) groups excluding carboxylic acids is 1. The molecular formula is C16H19NO3S. The molecule has 1 aromatic carbocycles. The zero-order valence-corrected chi connectivity index (χ0v) is 13.0. The van der Waals surface area contributed by atoms with Gasteiger partial charge in [-0.2, -0.15) is 0 Å². The Bertz CT molecular complexity index is 615. The Kier molecular flexibility index (Phi) is 5.33. The SMILES string of the molecule is Cc1cc(C)cc(C[S@](=O)CC(=O)NCc2ccco2)c1. The van der Waals surface area contributed by atoms with E-state index in [-0.39, 0.29) is 11.7 Å². The lowest BCUT2D eigenvalue weighted by Crippen LogP contribution is -2.28. The van der Waals surface area contributed by atoms with Crippen LogP contribution < -0.4 is 5.32 Å². The van der Waals surface area contributed by atoms with E-state index in [4.69, 9.17) is 4.42 Å². The van der Waals surface area contributed by atoms with Crippen molar-refractivity contribution in [2.75, 3.05) is 5.75 Å². The van der Waals surface area contributed by atoms with Crippen molar-refractivity contribution in [3.05, 3.63) is 59.0 Å². The van der Waals surface area contributed by atoms with Crippen LogP contribution in [0.3, 0.4) is 0 Å². The van der Waals surface area contributed by atoms with Crippen molar-refractivity contribution in [1.82, 2.24) is 5.32 Å². The van der Waals surface area contributed by atoms with Gasteiger partial charge in [0, 0.05) is 16.6 Å². The minimum absolute atomic E-state index is 0.00764. The lowest BCUT2D eigenvalue weighted by atomic mass is 10.1. The number of benzene rings is 1. The number of furan rings is 1. The van der Waals surface area contributed by atoms with Crippen LogP contribution in [0.25, 0.3) is 0 Å². The van der Waals surface area contributed by atoms with Crippen molar-refractivity contribution >= 4 is 16.7 Å². The second-order valence-electron chi connectivity index (χ2n) is 5.08. The monoisotopic (exact) mass is 305 g/mol. The quantitative estimate of drug-likeness (QED) is 0.892. The van der Waals surface area contributed by atoms with Gasteiger partial charge in [-0.1, -0.05) is 29.3 Å². The summed E-state index contributed by atoms with van der Waals surface area (Å²) < 4.78 is 17.2. The summed E-state index contributed by atoms with van der Waals surface area (Å²) in [6.07, 6.45) is 1.56. The Morgan fingerprint density at radius 3 is 2.57 bits per heavy atom. The van der Waals surface area contributed by atoms with Crippen molar-refractivity contribution in [2.45, 2.75) is 26.1 Å². The molecule has 1 atom stereocenters. The van der Waals surface area contributed by atoms with Crippen molar-refractivity contribution in [2.24, 2.45) is 0 Å². The smallest absolute Gasteiger partial charge is 0.233 e. The highest BCUT2D eigenvalue weighted by molar-refractivity contribution is 7.84. The Hall–Kier alpha value is -1.88. The fraction of sp³-hybridized carbons (Fsp3) is 0.312. The molecule has 1 N–H and O–H groups in total. The molecule has 0 aliphatic heterocycles. The molecule has 2 aromatic rings. The van der Waals surface area contributed by atoms with E-state index in [1.54, 1.807) is 18.4 Å². The van der Waals surface area contributed by atoms with Gasteiger partial charge in [-0.3, -0.25) is 9.00 Å². The second-order valence-corrected chi connectivity index (χ2v) is 6.54. The highest BCUT2D eigenvalue weighted by Crippen LogP contribution is 2.11. The maximum absolute atomic E-state index is 12.0. The average molecular weight is 305 g/mol. The van der Waals surface area contributed by atoms with E-state index in [0.29, 0.717) is 18.1 Å². The molecule has 0 unspecified atom stereocenters. The van der Waals surface area contributed by atoms with Crippen LogP contribution in [0, 0.1) is 13.8 Å². The molecule has 0 aliphatic rings. The highest BCUT2D eigenvalue weighted by atomic mass is 32.2. The highest BCUT2D eigenvalue weighted by Gasteiger charge is 2.09. The van der Waals surface area contributed by atoms with E-state index in [0.717, 1.165) is 16.7 Å². The molecule has 1 aromatic heterocycles. The van der Waals surface area contributed by atoms with Gasteiger partial charge < -0.3 is 9.73 Å². The summed E-state index contributed by atoms with van der Waals surface area (Å²) in [4.78, 5) is 11.7. The number of carbonyl (C=O) groups is 1. The minimum Gasteiger partial charge on any atom is -0.467 e. The average Bonchev–Trinajstić information content (AvgIpc) is 2.87. The maximum Gasteiger partial charge on any atom is 0.233 e. The van der Waals surface area contributed by atoms with Crippen molar-refractivity contribution in [3.8, 4) is 0 Å². The van der Waals surface area contributed by atoms with Crippen LogP contribution in [0.4, 0.5) is 0 Å². The summed E-state index contributed by atoms with van der Waals surface area (Å²) in [5.41, 5.74) is 3.29. The van der Waals surface area contributed by atoms with E-state index in [9.17, 15) is 9.00 Å². The first-order chi connectivity index (χ1) is 10.0. The zero-order valence-electron chi connectivity index (χ0n) is 12.2. The van der Waals surface area contributed by atoms with Crippen LogP contribution in [0.15, 0.2) is 41.0 Å². The van der Waals surface area contributed by atoms with Gasteiger partial charge in [-0.05, 0) is 31.5 Å². The third-order valence-corrected chi connectivity index (χ3v) is 4.18. The lowest BCUT2D eigenvalue weighted by molar-refractivity contribution is -0.118. The molecule has 0 fully saturated rings. The molecule has 21 heavy (non-hydrogen) atoms. The fourth-order valence-corrected chi connectivity index (χ4v) is 3.22. The first-order valence-electron chi connectivity index (χ1n) is 6.74. The second kappa shape index (κ2) is 7.22. The van der Waals surface area contributed by atoms with Crippen LogP contribution in [-0.4, -0.2) is 15.9 Å². The van der Waals surface area contributed by atoms with Gasteiger partial charge in [-0.15, -0.1) is 0 Å². The summed E-state index contributed by atoms with van der Waals surface area (Å²) in [5.74, 6) is 0.863. The van der Waals surface area contributed by atoms with E-state index in [1.165, 1.54) is 0 Å². The topological polar surface area (TPSA) is 59.3 Å². The van der Waals surface area contributed by atoms with Gasteiger partial charge in [0.1, 0.15) is 11.5 Å². The maximum atomic E-state index is 12.0. The minimum atomic E-state index is -1.21. The number of rotatable bonds is 6. The molecule has 0 saturated carbocycles. The van der Waals surface area contributed by atoms with Gasteiger partial charge in [0.25, 0.3) is 0 Å². The Morgan fingerprint density at radius 2 is 1.95 bits per heavy atom. The molecular weight excluding hydrogens is 286 g/mol. The molecule has 0 radical (unpaired) electrons. The first-order valence-corrected chi connectivity index (χ1v) is 8.23. The van der Waals surface area contributed by atoms with E-state index in [2.05, 4.69) is 11.4 Å². The fourth-order valence-electron chi connectivity index (χ4n) is 2.19. The van der Waals surface area contributed by atoms with E-state index >= 15 is 0 Å². The molecule has 1 amide bonds. The van der Waals surface area contributed by atoms with Crippen LogP contribution in [-0.2, 0) is 27.9 Å². The lowest BCUT2D eigenvalue weighted by Gasteiger charge is -2.06. The van der Waals surface area contributed by atoms with Crippen molar-refractivity contribution in [3.63, 3.8) is 0 Å². The third kappa shape index (κ3) is 5.19. The molecule has 0 aliphatic carbocycles. The Labute approximate surface area is 127 Å². The van der Waals surface area contributed by atoms with E-state index < -0.39 is 10.8 Å². The van der Waals surface area contributed by atoms with Gasteiger partial charge >= 0.3 is 0 Å². The van der Waals surface area contributed by atoms with Crippen LogP contribution in [0.5, 0.6) is 0 Å². The number of nitrogens with one attached hydrogen (secondary N) is 1. The van der Waals surface area contributed by atoms with Crippen molar-refractivity contribution < 1.29 is 13.4 Å². The van der Waals surface area contributed by atoms with Gasteiger partial charge in [-0.25, -0.2) is 0 Å². The normalized spacial score (nSPS) is 12.1. The van der Waals surface area contributed by atoms with E-state index in [1.807, 2.05) is 26.0 Å². The molecule has 112 valence electrons. The van der Waals surface area contributed by atoms with Crippen LogP contribution >= 0.6 is 0 Å². The summed E-state index contributed by atoms with van der Waals surface area (Å²) in [5, 5.41) is 2.70. The molecule has 0 spiro atoms. The van der Waals surface area contributed by atoms with Gasteiger partial charge in [0.2, 0.25) is 5.91 Å². The molecule has 0 bridgehead atoms. The molecule has 4 nitrogen and oxygen atoms in total. The number of hydrogen-bond donors (Lipinski definition) is 1. The predicted octanol–water partition coefficient (Wildman–Crippen LogP) is 2.46. The largest absolute Gasteiger partial charge is 0.467 e. The molecule has 2 rings (SSSR count). The standard InChI is InChI=1S/C16H19NO3S/c1-12-6-13(2)8-14(7-12)10-21(19)11-16(18)17-9-15-4-3-5-20-15/h3-8H,9-11H2,1-2H3,(H,17,18)/t21-/m0/s1. The Balaban J connectivity index is 1.82. The summed E-state index contributed by atoms with van der Waals surface area (Å²) >= 11 is 0. The summed E-state index contributed by atoms with van der Waals surface area (Å²) in [7, 11) is -1.21. The molecule has 5 heteroatoms. The summed E-state index contributed by atoms with van der Waals surface area (Å²) in [6, 6.07) is 9.63. The first kappa shape index (κ1) is 15.5. The van der Waals surface area contributed by atoms with Crippen LogP contribution in [0.1, 0.15) is 22.5 Å². The van der Waals surface area contributed by atoms with Crippen LogP contribution in [0.2, 0.25) is 0 Å². The molecule has 0 saturated heterocycles. The number of amides is 1. The number of hydrogen-bond acceptors (Lipinski definition) is 3. The van der Waals surface area contributed by atoms with Crippen molar-refractivity contribution in [1.29, 1.82) is 0 Å². The number of aryl methyl sites for hydroxylation is 2.